The fourth-order valence-corrected chi connectivity index (χ4v) is 18.7. The highest BCUT2D eigenvalue weighted by atomic mass is 31.2. The van der Waals surface area contributed by atoms with Crippen LogP contribution < -0.4 is 0 Å². The van der Waals surface area contributed by atoms with Crippen molar-refractivity contribution in [1.29, 1.82) is 0 Å². The van der Waals surface area contributed by atoms with E-state index in [9.17, 15) is 9.13 Å². The molecule has 1 aliphatic carbocycles. The van der Waals surface area contributed by atoms with Gasteiger partial charge in [-0.25, -0.2) is 18.3 Å². The van der Waals surface area contributed by atoms with E-state index in [1.165, 1.54) is 27.7 Å². The van der Waals surface area contributed by atoms with Crippen LogP contribution in [-0.2, 0) is 172 Å². The number of carbonyl (C=O) groups excluding carboxylic acids is 2. The van der Waals surface area contributed by atoms with E-state index in [0.29, 0.717) is 44.5 Å². The third-order valence-electron chi connectivity index (χ3n) is 15.3. The Hall–Kier alpha value is -6.56. The van der Waals surface area contributed by atoms with Crippen molar-refractivity contribution >= 4 is 58.4 Å². The molecule has 8 aromatic rings. The van der Waals surface area contributed by atoms with Crippen molar-refractivity contribution < 1.29 is 119 Å². The summed E-state index contributed by atoms with van der Waals surface area (Å²) in [5, 5.41) is 0. The van der Waals surface area contributed by atoms with Crippen LogP contribution in [0.2, 0.25) is 0 Å². The zero-order valence-electron chi connectivity index (χ0n) is 58.8. The number of carbonyl (C=O) groups is 2. The van der Waals surface area contributed by atoms with Gasteiger partial charge in [-0.15, -0.1) is 0 Å². The van der Waals surface area contributed by atoms with Gasteiger partial charge in [-0.2, -0.15) is 0 Å². The second-order valence-corrected chi connectivity index (χ2v) is 33.9. The van der Waals surface area contributed by atoms with Gasteiger partial charge in [0.05, 0.1) is 79.3 Å². The van der Waals surface area contributed by atoms with E-state index in [1.807, 2.05) is 0 Å². The molecule has 9 rings (SSSR count). The first kappa shape index (κ1) is 83.5. The molecule has 0 aliphatic heterocycles. The molecule has 0 N–H and O–H groups in total. The summed E-state index contributed by atoms with van der Waals surface area (Å²) in [6.07, 6.45) is -18.3. The molecule has 0 saturated heterocycles. The summed E-state index contributed by atoms with van der Waals surface area (Å²) >= 11 is 0. The van der Waals surface area contributed by atoms with Crippen molar-refractivity contribution in [3.63, 3.8) is 0 Å². The quantitative estimate of drug-likeness (QED) is 0.0253. The van der Waals surface area contributed by atoms with Crippen molar-refractivity contribution in [3.8, 4) is 0 Å². The molecular weight excluding hydrogens is 1490 g/mol. The van der Waals surface area contributed by atoms with E-state index in [1.54, 1.807) is 243 Å². The van der Waals surface area contributed by atoms with Crippen molar-refractivity contribution in [1.82, 2.24) is 0 Å². The molecule has 106 heavy (non-hydrogen) atoms. The Balaban J connectivity index is 1.37. The van der Waals surface area contributed by atoms with Gasteiger partial charge in [-0.1, -0.05) is 243 Å². The highest BCUT2D eigenvalue weighted by Crippen LogP contribution is 2.63. The van der Waals surface area contributed by atoms with Gasteiger partial charge < -0.3 is 27.6 Å². The summed E-state index contributed by atoms with van der Waals surface area (Å²) in [6.45, 7) is 0.340. The van der Waals surface area contributed by atoms with Crippen LogP contribution in [0.1, 0.15) is 72.2 Å². The highest BCUT2D eigenvalue weighted by molar-refractivity contribution is 7.55. The normalized spacial score (nSPS) is 17.4. The van der Waals surface area contributed by atoms with Crippen LogP contribution in [0.5, 0.6) is 0 Å². The number of phosphoric ester groups is 4. The average molecular weight is 1580 g/mol. The van der Waals surface area contributed by atoms with Crippen molar-refractivity contribution in [2.45, 2.75) is 117 Å². The molecule has 8 aromatic carbocycles. The maximum absolute atomic E-state index is 16.7. The van der Waals surface area contributed by atoms with Crippen LogP contribution in [0.15, 0.2) is 243 Å². The molecule has 6 atom stereocenters. The predicted molar refractivity (Wildman–Crippen MR) is 391 cm³/mol. The highest BCUT2D eigenvalue weighted by Gasteiger charge is 2.64. The first-order valence-electron chi connectivity index (χ1n) is 34.0. The van der Waals surface area contributed by atoms with Crippen LogP contribution >= 0.6 is 46.5 Å². The molecule has 0 aromatic heterocycles. The van der Waals surface area contributed by atoms with Gasteiger partial charge in [0.25, 0.3) is 0 Å². The fraction of sp³-hybridized carbons (Fsp3) is 0.324. The van der Waals surface area contributed by atoms with Crippen LogP contribution in [0.25, 0.3) is 0 Å². The standard InChI is InChI=1S/C74H86O26P6/c1-5-83-101(77,84-6-2)57-67(75)95-69-71(97-103(79,87-49-59-33-17-9-18-34-59)88-50-60-35-19-10-20-36-60)70(96-68(76)58-102(78,85-7-3)86-8-4)73(99-105(81,91-53-63-41-25-13-26-42-63)92-54-64-43-27-14-28-44-64)74(100-106(82,93-55-65-45-29-15-30-46-65)94-56-66-47-31-16-32-48-66)72(69)98-104(80,89-51-61-37-21-11-22-38-61)90-52-62-39-23-12-24-40-62/h9-48,69-74H,5-8,49-58H2,1-4H3/t69-,70+,71?,72-,73-,74?/m0/s1. The van der Waals surface area contributed by atoms with E-state index >= 15 is 27.8 Å². The molecule has 26 nitrogen and oxygen atoms in total. The molecular formula is C74H86O26P6. The Bertz CT molecular complexity index is 3870. The van der Waals surface area contributed by atoms with Gasteiger partial charge in [-0.3, -0.25) is 73.0 Å². The van der Waals surface area contributed by atoms with Crippen molar-refractivity contribution in [2.75, 3.05) is 38.8 Å². The molecule has 1 saturated carbocycles. The minimum atomic E-state index is -5.55. The molecule has 32 heteroatoms. The molecule has 0 bridgehead atoms. The van der Waals surface area contributed by atoms with Gasteiger partial charge in [0, 0.05) is 0 Å². The molecule has 568 valence electrons. The summed E-state index contributed by atoms with van der Waals surface area (Å²) in [7, 11) is -31.3. The first-order chi connectivity index (χ1) is 51.2. The Morgan fingerprint density at radius 2 is 0.387 bits per heavy atom. The summed E-state index contributed by atoms with van der Waals surface area (Å²) in [6, 6.07) is 66.5. The van der Waals surface area contributed by atoms with E-state index in [0.717, 1.165) is 0 Å². The smallest absolute Gasteiger partial charge is 0.456 e. The van der Waals surface area contributed by atoms with Gasteiger partial charge in [0.1, 0.15) is 36.7 Å². The maximum Gasteiger partial charge on any atom is 0.475 e. The van der Waals surface area contributed by atoms with E-state index in [4.69, 9.17) is 81.9 Å². The monoisotopic (exact) mass is 1580 g/mol. The molecule has 0 heterocycles. The summed E-state index contributed by atoms with van der Waals surface area (Å²) < 4.78 is 209. The second kappa shape index (κ2) is 41.9. The SMILES string of the molecule is CCOP(=O)(CC(=O)O[C@@H]1C(OP(=O)(OCc2ccccc2)OCc2ccccc2)[C@H](OC(=O)CP(=O)(OCC)OCC)[C@H](OP(=O)(OCc2ccccc2)OCc2ccccc2)C(OP(=O)(OCc2ccccc2)OCc2ccccc2)[C@H]1OP(=O)(OCc1ccccc1)OCc1ccccc1)OCC. The predicted octanol–water partition coefficient (Wildman–Crippen LogP) is 18.1. The number of phosphoric acid groups is 4. The Morgan fingerprint density at radius 1 is 0.236 bits per heavy atom. The summed E-state index contributed by atoms with van der Waals surface area (Å²) in [5.74, 6) is -3.03. The van der Waals surface area contributed by atoms with Crippen molar-refractivity contribution in [2.24, 2.45) is 0 Å². The molecule has 2 unspecified atom stereocenters. The van der Waals surface area contributed by atoms with Crippen LogP contribution in [0, 0.1) is 0 Å². The van der Waals surface area contributed by atoms with E-state index in [-0.39, 0.29) is 26.4 Å². The lowest BCUT2D eigenvalue weighted by Gasteiger charge is -2.49. The Morgan fingerprint density at radius 3 is 0.547 bits per heavy atom. The summed E-state index contributed by atoms with van der Waals surface area (Å²) in [4.78, 5) is 31.0. The van der Waals surface area contributed by atoms with Crippen molar-refractivity contribution in [3.05, 3.63) is 287 Å². The number of rotatable bonds is 46. The third kappa shape index (κ3) is 26.9. The topological polar surface area (TPSA) is 303 Å². The van der Waals surface area contributed by atoms with Gasteiger partial charge in [-0.05, 0) is 72.2 Å². The number of benzene rings is 8. The molecule has 0 radical (unpaired) electrons. The van der Waals surface area contributed by atoms with Crippen LogP contribution in [0.4, 0.5) is 0 Å². The Kier molecular flexibility index (Phi) is 33.0. The second-order valence-electron chi connectivity index (χ2n) is 23.3. The van der Waals surface area contributed by atoms with Gasteiger partial charge in [0.2, 0.25) is 0 Å². The summed E-state index contributed by atoms with van der Waals surface area (Å²) in [5.41, 5.74) is 3.18. The molecule has 0 spiro atoms. The number of hydrogen-bond donors (Lipinski definition) is 0. The maximum atomic E-state index is 16.7. The lowest BCUT2D eigenvalue weighted by molar-refractivity contribution is -0.232. The largest absolute Gasteiger partial charge is 0.475 e. The average Bonchev–Trinajstić information content (AvgIpc) is 0.738. The molecule has 0 amide bonds. The lowest BCUT2D eigenvalue weighted by Crippen LogP contribution is -2.67. The zero-order chi connectivity index (χ0) is 75.1. The van der Waals surface area contributed by atoms with E-state index in [2.05, 4.69) is 0 Å². The Labute approximate surface area is 617 Å². The number of ether oxygens (including phenoxy) is 2. The third-order valence-corrected chi connectivity index (χ3v) is 24.8. The minimum Gasteiger partial charge on any atom is -0.456 e. The first-order valence-corrected chi connectivity index (χ1v) is 43.3. The molecule has 1 aliphatic rings. The van der Waals surface area contributed by atoms with Gasteiger partial charge >= 0.3 is 58.4 Å². The van der Waals surface area contributed by atoms with Gasteiger partial charge in [0.15, 0.2) is 12.2 Å². The van der Waals surface area contributed by atoms with Crippen LogP contribution in [0.3, 0.4) is 0 Å². The number of hydrogen-bond acceptors (Lipinski definition) is 26. The van der Waals surface area contributed by atoms with E-state index < -0.39 is 160 Å². The van der Waals surface area contributed by atoms with Crippen LogP contribution in [-0.4, -0.2) is 87.3 Å². The lowest BCUT2D eigenvalue weighted by atomic mass is 9.84. The molecule has 1 fully saturated rings. The zero-order valence-corrected chi connectivity index (χ0v) is 64.1. The number of esters is 2. The fourth-order valence-electron chi connectivity index (χ4n) is 10.4. The minimum absolute atomic E-state index is 0.271.